The smallest absolute Gasteiger partial charge is 0.328 e. The fourth-order valence-electron chi connectivity index (χ4n) is 3.01. The zero-order chi connectivity index (χ0) is 22.9. The second-order valence-electron chi connectivity index (χ2n) is 6.78. The fraction of sp³-hybridized carbons (Fsp3) is 0.474. The van der Waals surface area contributed by atoms with Crippen LogP contribution in [-0.4, -0.2) is 44.9 Å². The van der Waals surface area contributed by atoms with E-state index in [0.717, 1.165) is 22.9 Å². The summed E-state index contributed by atoms with van der Waals surface area (Å²) in [5.74, 6) is -0.618. The first kappa shape index (κ1) is 25.8. The van der Waals surface area contributed by atoms with Gasteiger partial charge in [0.1, 0.15) is 6.04 Å². The SMILES string of the molecule is CCC[C@H]([NH3+])C(=O)N[C@H](Cc1cn(C)c2ccccc12)C(=O)OCC.O=P([O-])(O)O. The van der Waals surface area contributed by atoms with Gasteiger partial charge in [-0.1, -0.05) is 25.1 Å². The molecule has 1 aromatic heterocycles. The first-order valence-corrected chi connectivity index (χ1v) is 11.1. The monoisotopic (exact) mass is 443 g/mol. The molecule has 2 aromatic rings. The number of hydrogen-bond acceptors (Lipinski definition) is 5. The predicted molar refractivity (Wildman–Crippen MR) is 109 cm³/mol. The molecule has 0 spiro atoms. The number of aryl methyl sites for hydroxylation is 1. The van der Waals surface area contributed by atoms with Crippen molar-refractivity contribution in [1.29, 1.82) is 0 Å². The molecule has 11 heteroatoms. The summed E-state index contributed by atoms with van der Waals surface area (Å²) in [4.78, 5) is 47.6. The molecule has 0 saturated heterocycles. The molecule has 168 valence electrons. The van der Waals surface area contributed by atoms with E-state index in [1.54, 1.807) is 6.92 Å². The molecule has 0 aliphatic carbocycles. The van der Waals surface area contributed by atoms with Crippen molar-refractivity contribution >= 4 is 30.6 Å². The van der Waals surface area contributed by atoms with Gasteiger partial charge >= 0.3 is 5.97 Å². The number of esters is 1. The summed E-state index contributed by atoms with van der Waals surface area (Å²) in [5.41, 5.74) is 5.98. The van der Waals surface area contributed by atoms with Crippen LogP contribution >= 0.6 is 7.82 Å². The Morgan fingerprint density at radius 3 is 2.47 bits per heavy atom. The van der Waals surface area contributed by atoms with Crippen LogP contribution in [0.2, 0.25) is 0 Å². The van der Waals surface area contributed by atoms with E-state index < -0.39 is 19.8 Å². The summed E-state index contributed by atoms with van der Waals surface area (Å²) in [7, 11) is -2.92. The van der Waals surface area contributed by atoms with Gasteiger partial charge < -0.3 is 35.0 Å². The van der Waals surface area contributed by atoms with Crippen LogP contribution in [-0.2, 0) is 32.4 Å². The molecule has 0 saturated carbocycles. The van der Waals surface area contributed by atoms with Crippen molar-refractivity contribution in [1.82, 2.24) is 9.88 Å². The van der Waals surface area contributed by atoms with Crippen molar-refractivity contribution in [2.24, 2.45) is 7.05 Å². The number of hydrogen-bond donors (Lipinski definition) is 4. The molecule has 1 amide bonds. The summed E-state index contributed by atoms with van der Waals surface area (Å²) in [6, 6.07) is 6.93. The Hall–Kier alpha value is -2.23. The Kier molecular flexibility index (Phi) is 10.2. The molecule has 0 aliphatic rings. The molecular formula is C19H30N3O7P. The number of amides is 1. The van der Waals surface area contributed by atoms with E-state index in [1.807, 2.05) is 49.0 Å². The highest BCUT2D eigenvalue weighted by Gasteiger charge is 2.27. The number of nitrogens with one attached hydrogen (secondary N) is 1. The summed E-state index contributed by atoms with van der Waals surface area (Å²) < 4.78 is 15.9. The maximum absolute atomic E-state index is 12.3. The van der Waals surface area contributed by atoms with Gasteiger partial charge in [0, 0.05) is 37.0 Å². The number of quaternary nitrogens is 1. The van der Waals surface area contributed by atoms with E-state index in [1.165, 1.54) is 0 Å². The van der Waals surface area contributed by atoms with Crippen LogP contribution in [0.4, 0.5) is 0 Å². The van der Waals surface area contributed by atoms with Crippen molar-refractivity contribution < 1.29 is 39.3 Å². The second-order valence-corrected chi connectivity index (χ2v) is 7.76. The number of fused-ring (bicyclic) bond motifs is 1. The maximum Gasteiger partial charge on any atom is 0.328 e. The third kappa shape index (κ3) is 8.64. The molecule has 2 atom stereocenters. The maximum atomic E-state index is 12.3. The molecule has 10 nitrogen and oxygen atoms in total. The van der Waals surface area contributed by atoms with E-state index in [4.69, 9.17) is 24.0 Å². The fourth-order valence-corrected chi connectivity index (χ4v) is 3.01. The average molecular weight is 443 g/mol. The van der Waals surface area contributed by atoms with Crippen molar-refractivity contribution in [2.45, 2.75) is 45.2 Å². The van der Waals surface area contributed by atoms with Crippen LogP contribution in [0.1, 0.15) is 32.3 Å². The Balaban J connectivity index is 0.000000804. The Bertz CT molecular complexity index is 885. The standard InChI is InChI=1S/C19H27N3O3.H3O4P/c1-4-8-15(20)18(23)21-16(19(24)25-5-2)11-13-12-22(3)17-10-7-6-9-14(13)17;1-5(2,3)4/h6-7,9-10,12,15-16H,4-5,8,11,20H2,1-3H3,(H,21,23);(H3,1,2,3,4)/t15-,16+;/m0./s1. The van der Waals surface area contributed by atoms with Gasteiger partial charge in [0.2, 0.25) is 0 Å². The number of aromatic nitrogens is 1. The Morgan fingerprint density at radius 1 is 1.30 bits per heavy atom. The zero-order valence-corrected chi connectivity index (χ0v) is 18.3. The molecule has 0 aliphatic heterocycles. The lowest BCUT2D eigenvalue weighted by Gasteiger charge is -2.18. The Morgan fingerprint density at radius 2 is 1.90 bits per heavy atom. The third-order valence-corrected chi connectivity index (χ3v) is 4.30. The number of rotatable bonds is 8. The van der Waals surface area contributed by atoms with Crippen LogP contribution < -0.4 is 15.9 Å². The quantitative estimate of drug-likeness (QED) is 0.318. The molecule has 2 rings (SSSR count). The topological polar surface area (TPSA) is 169 Å². The Labute approximate surface area is 175 Å². The summed E-state index contributed by atoms with van der Waals surface area (Å²) in [5, 5.41) is 3.90. The molecule has 0 fully saturated rings. The molecule has 0 bridgehead atoms. The van der Waals surface area contributed by atoms with Crippen molar-refractivity contribution in [3.63, 3.8) is 0 Å². The molecule has 1 aromatic carbocycles. The molecule has 0 radical (unpaired) electrons. The number of para-hydroxylation sites is 1. The van der Waals surface area contributed by atoms with E-state index >= 15 is 0 Å². The van der Waals surface area contributed by atoms with Gasteiger partial charge in [-0.25, -0.2) is 4.79 Å². The van der Waals surface area contributed by atoms with Crippen molar-refractivity contribution in [3.05, 3.63) is 36.0 Å². The van der Waals surface area contributed by atoms with Gasteiger partial charge in [-0.3, -0.25) is 9.36 Å². The first-order valence-electron chi connectivity index (χ1n) is 9.57. The van der Waals surface area contributed by atoms with E-state index in [-0.39, 0.29) is 18.6 Å². The number of ether oxygens (including phenoxy) is 1. The number of phosphoric acid groups is 1. The largest absolute Gasteiger partial charge is 0.756 e. The van der Waals surface area contributed by atoms with Crippen LogP contribution in [0.15, 0.2) is 30.5 Å². The van der Waals surface area contributed by atoms with Crippen LogP contribution in [0.3, 0.4) is 0 Å². The van der Waals surface area contributed by atoms with Crippen LogP contribution in [0, 0.1) is 0 Å². The van der Waals surface area contributed by atoms with Crippen LogP contribution in [0.25, 0.3) is 10.9 Å². The minimum absolute atomic E-state index is 0.208. The minimum atomic E-state index is -4.89. The molecule has 6 N–H and O–H groups in total. The lowest BCUT2D eigenvalue weighted by atomic mass is 10.0. The number of benzene rings is 1. The highest BCUT2D eigenvalue weighted by molar-refractivity contribution is 7.43. The summed E-state index contributed by atoms with van der Waals surface area (Å²) >= 11 is 0. The highest BCUT2D eigenvalue weighted by Crippen LogP contribution is 2.22. The minimum Gasteiger partial charge on any atom is -0.756 e. The van der Waals surface area contributed by atoms with E-state index in [0.29, 0.717) is 12.8 Å². The molecular weight excluding hydrogens is 413 g/mol. The number of carbonyl (C=O) groups excluding carboxylic acids is 2. The van der Waals surface area contributed by atoms with Gasteiger partial charge in [-0.05, 0) is 25.0 Å². The zero-order valence-electron chi connectivity index (χ0n) is 17.4. The predicted octanol–water partition coefficient (Wildman–Crippen LogP) is -0.381. The first-order chi connectivity index (χ1) is 14.0. The molecule has 1 heterocycles. The van der Waals surface area contributed by atoms with Crippen LogP contribution in [0.5, 0.6) is 0 Å². The summed E-state index contributed by atoms with van der Waals surface area (Å²) in [6.07, 6.45) is 3.95. The lowest BCUT2D eigenvalue weighted by molar-refractivity contribution is -0.405. The number of nitrogens with zero attached hydrogens (tertiary/aromatic N) is 1. The number of carbonyl (C=O) groups is 2. The van der Waals surface area contributed by atoms with Crippen molar-refractivity contribution in [2.75, 3.05) is 6.61 Å². The lowest BCUT2D eigenvalue weighted by Crippen LogP contribution is -2.68. The van der Waals surface area contributed by atoms with Crippen molar-refractivity contribution in [3.8, 4) is 0 Å². The van der Waals surface area contributed by atoms with Gasteiger partial charge in [0.15, 0.2) is 6.04 Å². The third-order valence-electron chi connectivity index (χ3n) is 4.30. The average Bonchev–Trinajstić information content (AvgIpc) is 2.96. The van der Waals surface area contributed by atoms with E-state index in [2.05, 4.69) is 11.1 Å². The normalized spacial score (nSPS) is 13.2. The van der Waals surface area contributed by atoms with E-state index in [9.17, 15) is 9.59 Å². The van der Waals surface area contributed by atoms with Gasteiger partial charge in [0.05, 0.1) is 6.61 Å². The molecule has 30 heavy (non-hydrogen) atoms. The summed E-state index contributed by atoms with van der Waals surface area (Å²) in [6.45, 7) is 4.05. The van der Waals surface area contributed by atoms with Gasteiger partial charge in [-0.2, -0.15) is 0 Å². The highest BCUT2D eigenvalue weighted by atomic mass is 31.2. The molecule has 0 unspecified atom stereocenters. The van der Waals surface area contributed by atoms with Gasteiger partial charge in [-0.15, -0.1) is 0 Å². The van der Waals surface area contributed by atoms with Gasteiger partial charge in [0.25, 0.3) is 13.7 Å². The second kappa shape index (κ2) is 11.8.